The molecule has 1 rings (SSSR count). The van der Waals surface area contributed by atoms with Gasteiger partial charge in [-0.1, -0.05) is 19.0 Å². The zero-order valence-corrected chi connectivity index (χ0v) is 11.4. The molecule has 0 spiro atoms. The van der Waals surface area contributed by atoms with Crippen molar-refractivity contribution in [2.24, 2.45) is 0 Å². The molecule has 0 saturated heterocycles. The third kappa shape index (κ3) is 7.17. The molecule has 0 atom stereocenters. The number of halogens is 3. The molecule has 0 saturated carbocycles. The smallest absolute Gasteiger partial charge is 0.360 e. The molecule has 0 unspecified atom stereocenters. The summed E-state index contributed by atoms with van der Waals surface area (Å²) in [5.74, 6) is 0.574. The first-order valence-corrected chi connectivity index (χ1v) is 6.19. The monoisotopic (exact) mass is 279 g/mol. The van der Waals surface area contributed by atoms with E-state index in [-0.39, 0.29) is 6.54 Å². The quantitative estimate of drug-likeness (QED) is 0.833. The minimum atomic E-state index is -4.12. The summed E-state index contributed by atoms with van der Waals surface area (Å²) in [7, 11) is 1.63. The van der Waals surface area contributed by atoms with E-state index in [2.05, 4.69) is 10.5 Å². The SMILES string of the molecule is CC(C)NCc1cc(CN(C)CCC(F)(F)F)on1. The molecule has 4 nitrogen and oxygen atoms in total. The van der Waals surface area contributed by atoms with Crippen LogP contribution in [-0.2, 0) is 13.1 Å². The van der Waals surface area contributed by atoms with Crippen molar-refractivity contribution in [1.29, 1.82) is 0 Å². The van der Waals surface area contributed by atoms with Crippen LogP contribution < -0.4 is 5.32 Å². The van der Waals surface area contributed by atoms with E-state index >= 15 is 0 Å². The summed E-state index contributed by atoms with van der Waals surface area (Å²) >= 11 is 0. The van der Waals surface area contributed by atoms with Crippen LogP contribution in [0.1, 0.15) is 31.7 Å². The highest BCUT2D eigenvalue weighted by molar-refractivity contribution is 5.05. The molecule has 0 aromatic carbocycles. The fraction of sp³-hybridized carbons (Fsp3) is 0.750. The highest BCUT2D eigenvalue weighted by atomic mass is 19.4. The maximum absolute atomic E-state index is 12.1. The van der Waals surface area contributed by atoms with Gasteiger partial charge in [-0.05, 0) is 7.05 Å². The lowest BCUT2D eigenvalue weighted by Gasteiger charge is -2.15. The molecule has 0 aliphatic heterocycles. The molecule has 1 aromatic heterocycles. The third-order valence-electron chi connectivity index (χ3n) is 2.50. The van der Waals surface area contributed by atoms with Crippen LogP contribution in [0.15, 0.2) is 10.6 Å². The van der Waals surface area contributed by atoms with E-state index in [9.17, 15) is 13.2 Å². The van der Waals surface area contributed by atoms with Crippen LogP contribution in [-0.4, -0.2) is 35.9 Å². The van der Waals surface area contributed by atoms with Gasteiger partial charge in [0.1, 0.15) is 0 Å². The number of rotatable bonds is 7. The minimum absolute atomic E-state index is 0.0518. The molecule has 1 aromatic rings. The standard InChI is InChI=1S/C12H20F3N3O/c1-9(2)16-7-10-6-11(19-17-10)8-18(3)5-4-12(13,14)15/h6,9,16H,4-5,7-8H2,1-3H3. The minimum Gasteiger partial charge on any atom is -0.360 e. The van der Waals surface area contributed by atoms with E-state index in [0.717, 1.165) is 5.69 Å². The topological polar surface area (TPSA) is 41.3 Å². The van der Waals surface area contributed by atoms with Crippen LogP contribution in [0.5, 0.6) is 0 Å². The Balaban J connectivity index is 2.36. The van der Waals surface area contributed by atoms with Crippen LogP contribution in [0.2, 0.25) is 0 Å². The van der Waals surface area contributed by atoms with Crippen molar-refractivity contribution in [3.8, 4) is 0 Å². The van der Waals surface area contributed by atoms with Crippen molar-refractivity contribution >= 4 is 0 Å². The van der Waals surface area contributed by atoms with Gasteiger partial charge in [-0.25, -0.2) is 0 Å². The fourth-order valence-corrected chi connectivity index (χ4v) is 1.49. The molecule has 1 N–H and O–H groups in total. The van der Waals surface area contributed by atoms with Crippen LogP contribution in [0.25, 0.3) is 0 Å². The summed E-state index contributed by atoms with van der Waals surface area (Å²) in [5.41, 5.74) is 0.757. The van der Waals surface area contributed by atoms with Crippen LogP contribution >= 0.6 is 0 Å². The van der Waals surface area contributed by atoms with Crippen LogP contribution in [0.4, 0.5) is 13.2 Å². The Hall–Kier alpha value is -1.08. The normalized spacial score (nSPS) is 12.6. The van der Waals surface area contributed by atoms with Crippen LogP contribution in [0, 0.1) is 0 Å². The van der Waals surface area contributed by atoms with Crippen molar-refractivity contribution in [2.45, 2.75) is 45.6 Å². The fourth-order valence-electron chi connectivity index (χ4n) is 1.49. The van der Waals surface area contributed by atoms with Crippen molar-refractivity contribution in [3.63, 3.8) is 0 Å². The number of nitrogens with one attached hydrogen (secondary N) is 1. The van der Waals surface area contributed by atoms with Gasteiger partial charge in [0.15, 0.2) is 5.76 Å². The Bertz CT molecular complexity index is 377. The lowest BCUT2D eigenvalue weighted by atomic mass is 10.3. The zero-order valence-electron chi connectivity index (χ0n) is 11.4. The summed E-state index contributed by atoms with van der Waals surface area (Å²) < 4.78 is 41.3. The number of hydrogen-bond acceptors (Lipinski definition) is 4. The van der Waals surface area contributed by atoms with E-state index in [1.807, 2.05) is 13.8 Å². The molecule has 0 aliphatic carbocycles. The lowest BCUT2D eigenvalue weighted by Crippen LogP contribution is -2.24. The molecule has 0 radical (unpaired) electrons. The van der Waals surface area contributed by atoms with Crippen molar-refractivity contribution in [2.75, 3.05) is 13.6 Å². The van der Waals surface area contributed by atoms with Crippen LogP contribution in [0.3, 0.4) is 0 Å². The van der Waals surface area contributed by atoms with E-state index in [4.69, 9.17) is 4.52 Å². The predicted octanol–water partition coefficient (Wildman–Crippen LogP) is 2.56. The molecule has 0 bridgehead atoms. The molecular weight excluding hydrogens is 259 g/mol. The van der Waals surface area contributed by atoms with Crippen molar-refractivity contribution < 1.29 is 17.7 Å². The molecule has 0 aliphatic rings. The van der Waals surface area contributed by atoms with Gasteiger partial charge in [0.05, 0.1) is 18.7 Å². The van der Waals surface area contributed by atoms with Gasteiger partial charge in [0, 0.05) is 25.2 Å². The maximum Gasteiger partial charge on any atom is 0.390 e. The lowest BCUT2D eigenvalue weighted by molar-refractivity contribution is -0.137. The summed E-state index contributed by atoms with van der Waals surface area (Å²) in [5, 5.41) is 7.05. The predicted molar refractivity (Wildman–Crippen MR) is 65.5 cm³/mol. The van der Waals surface area contributed by atoms with Crippen molar-refractivity contribution in [1.82, 2.24) is 15.4 Å². The van der Waals surface area contributed by atoms with Gasteiger partial charge in [-0.2, -0.15) is 13.2 Å². The van der Waals surface area contributed by atoms with Gasteiger partial charge in [-0.3, -0.25) is 4.90 Å². The maximum atomic E-state index is 12.1. The molecule has 0 amide bonds. The van der Waals surface area contributed by atoms with Crippen molar-refractivity contribution in [3.05, 3.63) is 17.5 Å². The first-order chi connectivity index (χ1) is 8.76. The Morgan fingerprint density at radius 1 is 1.42 bits per heavy atom. The second-order valence-corrected chi connectivity index (χ2v) is 4.92. The summed E-state index contributed by atoms with van der Waals surface area (Å²) in [4.78, 5) is 1.56. The third-order valence-corrected chi connectivity index (χ3v) is 2.50. The Kier molecular flexibility index (Phi) is 5.81. The second-order valence-electron chi connectivity index (χ2n) is 4.92. The Morgan fingerprint density at radius 3 is 2.68 bits per heavy atom. The van der Waals surface area contributed by atoms with E-state index in [1.54, 1.807) is 18.0 Å². The highest BCUT2D eigenvalue weighted by Gasteiger charge is 2.27. The van der Waals surface area contributed by atoms with E-state index < -0.39 is 12.6 Å². The van der Waals surface area contributed by atoms with E-state index in [0.29, 0.717) is 24.9 Å². The van der Waals surface area contributed by atoms with E-state index in [1.165, 1.54) is 0 Å². The molecular formula is C12H20F3N3O. The average molecular weight is 279 g/mol. The number of nitrogens with zero attached hydrogens (tertiary/aromatic N) is 2. The first-order valence-electron chi connectivity index (χ1n) is 6.19. The number of hydrogen-bond donors (Lipinski definition) is 1. The highest BCUT2D eigenvalue weighted by Crippen LogP contribution is 2.19. The summed E-state index contributed by atoms with van der Waals surface area (Å²) in [6, 6.07) is 2.11. The van der Waals surface area contributed by atoms with Gasteiger partial charge >= 0.3 is 6.18 Å². The van der Waals surface area contributed by atoms with Gasteiger partial charge in [0.2, 0.25) is 0 Å². The zero-order chi connectivity index (χ0) is 14.5. The average Bonchev–Trinajstić information content (AvgIpc) is 2.70. The van der Waals surface area contributed by atoms with Gasteiger partial charge in [0.25, 0.3) is 0 Å². The molecule has 7 heteroatoms. The first kappa shape index (κ1) is 16.0. The summed E-state index contributed by atoms with van der Waals surface area (Å²) in [6.45, 7) is 4.90. The van der Waals surface area contributed by atoms with Gasteiger partial charge < -0.3 is 9.84 Å². The molecule has 110 valence electrons. The van der Waals surface area contributed by atoms with Gasteiger partial charge in [-0.15, -0.1) is 0 Å². The number of aromatic nitrogens is 1. The summed E-state index contributed by atoms with van der Waals surface area (Å²) in [6.07, 6.45) is -4.94. The second kappa shape index (κ2) is 6.91. The molecule has 0 fully saturated rings. The largest absolute Gasteiger partial charge is 0.390 e. The Labute approximate surface area is 110 Å². The molecule has 19 heavy (non-hydrogen) atoms. The number of alkyl halides is 3. The Morgan fingerprint density at radius 2 is 2.11 bits per heavy atom. The molecule has 1 heterocycles.